The summed E-state index contributed by atoms with van der Waals surface area (Å²) in [6, 6.07) is 119. The van der Waals surface area contributed by atoms with Crippen molar-refractivity contribution in [1.29, 1.82) is 0 Å². The summed E-state index contributed by atoms with van der Waals surface area (Å²) in [7, 11) is 0. The van der Waals surface area contributed by atoms with E-state index in [4.69, 9.17) is 0 Å². The van der Waals surface area contributed by atoms with Gasteiger partial charge in [0.2, 0.25) is 0 Å². The van der Waals surface area contributed by atoms with Crippen LogP contribution in [0.2, 0.25) is 0 Å². The molecule has 0 aromatic heterocycles. The molecule has 0 spiro atoms. The lowest BCUT2D eigenvalue weighted by Crippen LogP contribution is -2.18. The monoisotopic (exact) mass is 1330 g/mol. The first-order valence-corrected chi connectivity index (χ1v) is 36.8. The highest BCUT2D eigenvalue weighted by Crippen LogP contribution is 2.56. The number of hydrogen-bond acceptors (Lipinski definition) is 2. The normalized spacial score (nSPS) is 14.8. The van der Waals surface area contributed by atoms with Gasteiger partial charge < -0.3 is 9.80 Å². The molecule has 0 saturated heterocycles. The van der Waals surface area contributed by atoms with E-state index in [1.807, 2.05) is 0 Å². The lowest BCUT2D eigenvalue weighted by molar-refractivity contribution is 0.659. The Bertz CT molecular complexity index is 5710. The molecular formula is C102H80N2. The fourth-order valence-electron chi connectivity index (χ4n) is 18.0. The summed E-state index contributed by atoms with van der Waals surface area (Å²) in [6.45, 7) is 19.1. The lowest BCUT2D eigenvalue weighted by atomic mass is 9.81. The summed E-state index contributed by atoms with van der Waals surface area (Å²) in [4.78, 5) is 4.94. The van der Waals surface area contributed by atoms with Gasteiger partial charge in [0.25, 0.3) is 0 Å². The van der Waals surface area contributed by atoms with E-state index < -0.39 is 0 Å². The van der Waals surface area contributed by atoms with Crippen LogP contribution < -0.4 is 9.80 Å². The first-order chi connectivity index (χ1) is 50.5. The fourth-order valence-corrected chi connectivity index (χ4v) is 18.0. The van der Waals surface area contributed by atoms with Gasteiger partial charge in [-0.2, -0.15) is 0 Å². The van der Waals surface area contributed by atoms with Crippen LogP contribution in [0.25, 0.3) is 113 Å². The third kappa shape index (κ3) is 10.2. The highest BCUT2D eigenvalue weighted by Gasteiger charge is 2.41. The average Bonchev–Trinajstić information content (AvgIpc) is 1.58. The predicted octanol–water partition coefficient (Wildman–Crippen LogP) is 27.8. The Morgan fingerprint density at radius 2 is 0.433 bits per heavy atom. The van der Waals surface area contributed by atoms with Crippen LogP contribution in [0.4, 0.5) is 34.1 Å². The molecule has 0 heterocycles. The summed E-state index contributed by atoms with van der Waals surface area (Å²) < 4.78 is 0. The molecule has 4 aliphatic carbocycles. The van der Waals surface area contributed by atoms with Gasteiger partial charge in [0.1, 0.15) is 0 Å². The van der Waals surface area contributed by atoms with Gasteiger partial charge >= 0.3 is 0 Å². The van der Waals surface area contributed by atoms with Gasteiger partial charge in [-0.05, 0) is 240 Å². The SMILES string of the molecule is CC1(C)c2ccccc2-c2ccc(N(c3ccc(-c4ccc5ccccc5c4)cc3)c3ccc4c(c3)C(C)(C)c3cc(/C=C/c5ccc(/C=C/c6ccc7c(c6)C(C)(C)c6cc(N(c8ccc(-c9ccc%10ccccc%10c9)cc8)c8ccc9c(c8)C(C)(C)c8ccccc8-9)ccc6-7)cc5)ccc3-4)cc21. The molecule has 0 fully saturated rings. The number of nitrogens with zero attached hydrogens (tertiary/aromatic N) is 2. The van der Waals surface area contributed by atoms with Gasteiger partial charge in [-0.25, -0.2) is 0 Å². The fraction of sp³-hybridized carbons (Fsp3) is 0.118. The molecule has 0 unspecified atom stereocenters. The standard InChI is InChI=1S/C102H80N2/c1-99(2)91-23-15-13-21-83(91)87-53-47-79(61-95(87)99)103(77-43-39-71(40-44-77)75-37-35-69-17-9-11-19-73(69)59-75)81-49-55-89-85-51-33-67(57-93(85)101(5,6)97(89)63-81)31-29-65-25-27-66(28-26-65)30-32-68-34-52-86-90-56-50-82(64-98(90)102(7,8)94(86)58-68)104(80-48-54-88-84-22-14-16-24-92(84)100(3,4)96(88)62-80)78-45-41-72(42-46-78)76-38-36-70-18-10-12-20-74(70)60-76/h9-64H,1-8H3/b31-29+,32-30+. The van der Waals surface area contributed by atoms with Crippen molar-refractivity contribution >= 4 is 80.0 Å². The molecule has 4 aliphatic rings. The second-order valence-corrected chi connectivity index (χ2v) is 31.3. The second-order valence-electron chi connectivity index (χ2n) is 31.3. The number of rotatable bonds is 12. The quantitative estimate of drug-likeness (QED) is 0.113. The molecule has 0 bridgehead atoms. The van der Waals surface area contributed by atoms with E-state index in [2.05, 4.69) is 405 Å². The van der Waals surface area contributed by atoms with Crippen LogP contribution in [0.5, 0.6) is 0 Å². The van der Waals surface area contributed by atoms with Crippen LogP contribution >= 0.6 is 0 Å². The Hall–Kier alpha value is -12.1. The number of fused-ring (bicyclic) bond motifs is 14. The van der Waals surface area contributed by atoms with Gasteiger partial charge in [-0.1, -0.05) is 310 Å². The summed E-state index contributed by atoms with van der Waals surface area (Å²) >= 11 is 0. The molecule has 104 heavy (non-hydrogen) atoms. The zero-order valence-corrected chi connectivity index (χ0v) is 60.2. The molecule has 15 aromatic carbocycles. The lowest BCUT2D eigenvalue weighted by Gasteiger charge is -2.30. The van der Waals surface area contributed by atoms with Gasteiger partial charge in [0, 0.05) is 55.8 Å². The van der Waals surface area contributed by atoms with Crippen LogP contribution in [0.15, 0.2) is 315 Å². The number of anilines is 6. The van der Waals surface area contributed by atoms with Crippen LogP contribution in [-0.2, 0) is 21.7 Å². The molecule has 0 atom stereocenters. The van der Waals surface area contributed by atoms with Crippen molar-refractivity contribution in [2.45, 2.75) is 77.0 Å². The molecule has 2 heteroatoms. The summed E-state index contributed by atoms with van der Waals surface area (Å²) in [5, 5.41) is 5.00. The predicted molar refractivity (Wildman–Crippen MR) is 443 cm³/mol. The Morgan fingerprint density at radius 3 is 0.788 bits per heavy atom. The summed E-state index contributed by atoms with van der Waals surface area (Å²) in [5.41, 5.74) is 37.0. The van der Waals surface area contributed by atoms with E-state index in [-0.39, 0.29) is 21.7 Å². The third-order valence-corrected chi connectivity index (χ3v) is 23.8. The zero-order chi connectivity index (χ0) is 70.4. The van der Waals surface area contributed by atoms with E-state index >= 15 is 0 Å². The summed E-state index contributed by atoms with van der Waals surface area (Å²) in [6.07, 6.45) is 9.05. The van der Waals surface area contributed by atoms with Crippen LogP contribution in [0.1, 0.15) is 122 Å². The maximum Gasteiger partial charge on any atom is 0.0465 e. The molecular weight excluding hydrogens is 1250 g/mol. The Balaban J connectivity index is 0.572. The van der Waals surface area contributed by atoms with Gasteiger partial charge in [0.15, 0.2) is 0 Å². The van der Waals surface area contributed by atoms with Crippen molar-refractivity contribution in [3.8, 4) is 66.8 Å². The second kappa shape index (κ2) is 23.7. The van der Waals surface area contributed by atoms with Crippen molar-refractivity contribution < 1.29 is 0 Å². The van der Waals surface area contributed by atoms with Gasteiger partial charge in [-0.3, -0.25) is 0 Å². The van der Waals surface area contributed by atoms with Crippen molar-refractivity contribution in [3.05, 3.63) is 382 Å². The van der Waals surface area contributed by atoms with E-state index in [1.54, 1.807) is 0 Å². The van der Waals surface area contributed by atoms with Crippen molar-refractivity contribution in [3.63, 3.8) is 0 Å². The van der Waals surface area contributed by atoms with Crippen LogP contribution in [0, 0.1) is 0 Å². The molecule has 498 valence electrons. The Labute approximate surface area is 611 Å². The minimum absolute atomic E-state index is 0.132. The highest BCUT2D eigenvalue weighted by atomic mass is 15.1. The van der Waals surface area contributed by atoms with Gasteiger partial charge in [0.05, 0.1) is 0 Å². The third-order valence-electron chi connectivity index (χ3n) is 23.8. The van der Waals surface area contributed by atoms with Crippen molar-refractivity contribution in [2.75, 3.05) is 9.80 Å². The molecule has 15 aromatic rings. The topological polar surface area (TPSA) is 6.48 Å². The van der Waals surface area contributed by atoms with Crippen LogP contribution in [0.3, 0.4) is 0 Å². The van der Waals surface area contributed by atoms with Gasteiger partial charge in [-0.15, -0.1) is 0 Å². The zero-order valence-electron chi connectivity index (χ0n) is 60.2. The largest absolute Gasteiger partial charge is 0.310 e. The highest BCUT2D eigenvalue weighted by molar-refractivity contribution is 5.95. The Kier molecular flexibility index (Phi) is 14.4. The number of benzene rings is 15. The Morgan fingerprint density at radius 1 is 0.183 bits per heavy atom. The van der Waals surface area contributed by atoms with Crippen molar-refractivity contribution in [2.24, 2.45) is 0 Å². The molecule has 0 N–H and O–H groups in total. The number of hydrogen-bond donors (Lipinski definition) is 0. The molecule has 0 saturated carbocycles. The molecule has 0 radical (unpaired) electrons. The maximum atomic E-state index is 2.47. The smallest absolute Gasteiger partial charge is 0.0465 e. The molecule has 19 rings (SSSR count). The van der Waals surface area contributed by atoms with E-state index in [0.717, 1.165) is 45.3 Å². The molecule has 2 nitrogen and oxygen atoms in total. The van der Waals surface area contributed by atoms with Crippen molar-refractivity contribution in [1.82, 2.24) is 0 Å². The minimum Gasteiger partial charge on any atom is -0.310 e. The first kappa shape index (κ1) is 62.9. The summed E-state index contributed by atoms with van der Waals surface area (Å²) in [5.74, 6) is 0. The molecule has 0 aliphatic heterocycles. The average molecular weight is 1330 g/mol. The maximum absolute atomic E-state index is 2.47. The van der Waals surface area contributed by atoms with E-state index in [9.17, 15) is 0 Å². The van der Waals surface area contributed by atoms with Crippen LogP contribution in [-0.4, -0.2) is 0 Å². The van der Waals surface area contributed by atoms with E-state index in [1.165, 1.54) is 144 Å². The minimum atomic E-state index is -0.236. The van der Waals surface area contributed by atoms with E-state index in [0.29, 0.717) is 0 Å². The first-order valence-electron chi connectivity index (χ1n) is 36.8. The molecule has 0 amide bonds.